The van der Waals surface area contributed by atoms with Crippen molar-refractivity contribution in [3.05, 3.63) is 34.9 Å². The maximum Gasteiger partial charge on any atom is 0.121 e. The van der Waals surface area contributed by atoms with E-state index in [-0.39, 0.29) is 12.6 Å². The Bertz CT molecular complexity index is 368. The highest BCUT2D eigenvalue weighted by atomic mass is 16.3. The third-order valence-electron chi connectivity index (χ3n) is 2.34. The predicted octanol–water partition coefficient (Wildman–Crippen LogP) is 1.45. The van der Waals surface area contributed by atoms with Gasteiger partial charge in [0.05, 0.1) is 12.7 Å². The molecule has 3 nitrogen and oxygen atoms in total. The lowest BCUT2D eigenvalue weighted by Crippen LogP contribution is -2.23. The first-order valence-corrected chi connectivity index (χ1v) is 5.00. The topological polar surface area (TPSA) is 56.0 Å². The normalized spacial score (nSPS) is 12.1. The van der Waals surface area contributed by atoms with Gasteiger partial charge in [-0.3, -0.25) is 5.32 Å². The maximum absolute atomic E-state index is 9.03. The van der Waals surface area contributed by atoms with Gasteiger partial charge in [0.1, 0.15) is 6.04 Å². The van der Waals surface area contributed by atoms with Crippen molar-refractivity contribution in [3.8, 4) is 6.07 Å². The molecule has 1 aromatic carbocycles. The lowest BCUT2D eigenvalue weighted by Gasteiger charge is -2.14. The number of aliphatic hydroxyl groups is 1. The van der Waals surface area contributed by atoms with Crippen molar-refractivity contribution in [2.45, 2.75) is 19.9 Å². The molecule has 0 bridgehead atoms. The van der Waals surface area contributed by atoms with Gasteiger partial charge in [0, 0.05) is 6.54 Å². The van der Waals surface area contributed by atoms with E-state index in [0.29, 0.717) is 6.54 Å². The highest BCUT2D eigenvalue weighted by Crippen LogP contribution is 2.18. The van der Waals surface area contributed by atoms with Crippen LogP contribution >= 0.6 is 0 Å². The van der Waals surface area contributed by atoms with Crippen LogP contribution in [0.25, 0.3) is 0 Å². The zero-order chi connectivity index (χ0) is 11.3. The lowest BCUT2D eigenvalue weighted by molar-refractivity contribution is 0.289. The van der Waals surface area contributed by atoms with Gasteiger partial charge in [-0.05, 0) is 25.0 Å². The van der Waals surface area contributed by atoms with E-state index < -0.39 is 0 Å². The fraction of sp³-hybridized carbons (Fsp3) is 0.417. The van der Waals surface area contributed by atoms with Crippen molar-refractivity contribution >= 4 is 0 Å². The molecule has 0 amide bonds. The van der Waals surface area contributed by atoms with E-state index >= 15 is 0 Å². The number of aliphatic hydroxyl groups excluding tert-OH is 1. The molecule has 0 saturated carbocycles. The molecule has 0 aliphatic carbocycles. The molecule has 1 rings (SSSR count). The average molecular weight is 204 g/mol. The monoisotopic (exact) mass is 204 g/mol. The van der Waals surface area contributed by atoms with E-state index in [1.54, 1.807) is 0 Å². The van der Waals surface area contributed by atoms with E-state index in [1.807, 2.05) is 32.0 Å². The molecule has 0 aromatic heterocycles. The van der Waals surface area contributed by atoms with E-state index in [2.05, 4.69) is 11.4 Å². The standard InChI is InChI=1S/C12H16N2O/c1-9-3-4-10(2)11(7-9)12(8-13)14-5-6-15/h3-4,7,12,14-15H,5-6H2,1-2H3. The van der Waals surface area contributed by atoms with Crippen molar-refractivity contribution in [1.29, 1.82) is 5.26 Å². The minimum absolute atomic E-state index is 0.0447. The van der Waals surface area contributed by atoms with Crippen molar-refractivity contribution in [2.75, 3.05) is 13.2 Å². The molecule has 2 N–H and O–H groups in total. The van der Waals surface area contributed by atoms with Crippen LogP contribution in [0.2, 0.25) is 0 Å². The summed E-state index contributed by atoms with van der Waals surface area (Å²) < 4.78 is 0. The molecule has 0 saturated heterocycles. The Morgan fingerprint density at radius 3 is 2.80 bits per heavy atom. The molecule has 0 radical (unpaired) electrons. The van der Waals surface area contributed by atoms with Crippen LogP contribution in [0, 0.1) is 25.2 Å². The molecule has 0 aliphatic rings. The van der Waals surface area contributed by atoms with Crippen LogP contribution in [0.1, 0.15) is 22.7 Å². The van der Waals surface area contributed by atoms with Crippen LogP contribution in [0.4, 0.5) is 0 Å². The second-order valence-electron chi connectivity index (χ2n) is 3.60. The van der Waals surface area contributed by atoms with Crippen LogP contribution in [0.3, 0.4) is 0 Å². The Morgan fingerprint density at radius 1 is 1.47 bits per heavy atom. The highest BCUT2D eigenvalue weighted by molar-refractivity contribution is 5.35. The average Bonchev–Trinajstić information content (AvgIpc) is 2.24. The van der Waals surface area contributed by atoms with Gasteiger partial charge in [0.15, 0.2) is 0 Å². The van der Waals surface area contributed by atoms with Crippen LogP contribution < -0.4 is 5.32 Å². The second kappa shape index (κ2) is 5.50. The number of rotatable bonds is 4. The first kappa shape index (κ1) is 11.7. The number of nitriles is 1. The van der Waals surface area contributed by atoms with E-state index in [1.165, 1.54) is 0 Å². The molecule has 0 aliphatic heterocycles. The van der Waals surface area contributed by atoms with Crippen LogP contribution in [-0.2, 0) is 0 Å². The van der Waals surface area contributed by atoms with Gasteiger partial charge >= 0.3 is 0 Å². The second-order valence-corrected chi connectivity index (χ2v) is 3.60. The first-order chi connectivity index (χ1) is 7.19. The molecule has 0 fully saturated rings. The van der Waals surface area contributed by atoms with Gasteiger partial charge in [-0.15, -0.1) is 0 Å². The summed E-state index contributed by atoms with van der Waals surface area (Å²) in [7, 11) is 0. The summed E-state index contributed by atoms with van der Waals surface area (Å²) in [6.45, 7) is 4.47. The summed E-state index contributed by atoms with van der Waals surface area (Å²) in [6, 6.07) is 7.91. The number of hydrogen-bond donors (Lipinski definition) is 2. The molecule has 3 heteroatoms. The van der Waals surface area contributed by atoms with E-state index in [0.717, 1.165) is 16.7 Å². The Balaban J connectivity index is 2.91. The minimum Gasteiger partial charge on any atom is -0.395 e. The molecular weight excluding hydrogens is 188 g/mol. The number of benzene rings is 1. The number of aryl methyl sites for hydroxylation is 2. The first-order valence-electron chi connectivity index (χ1n) is 5.00. The summed E-state index contributed by atoms with van der Waals surface area (Å²) in [5.74, 6) is 0. The van der Waals surface area contributed by atoms with Crippen LogP contribution in [0.15, 0.2) is 18.2 Å². The summed E-state index contributed by atoms with van der Waals surface area (Å²) in [5.41, 5.74) is 3.23. The van der Waals surface area contributed by atoms with Crippen LogP contribution in [-0.4, -0.2) is 18.3 Å². The third kappa shape index (κ3) is 3.05. The Labute approximate surface area is 90.4 Å². The largest absolute Gasteiger partial charge is 0.395 e. The quantitative estimate of drug-likeness (QED) is 0.780. The zero-order valence-corrected chi connectivity index (χ0v) is 9.12. The fourth-order valence-corrected chi connectivity index (χ4v) is 1.50. The number of nitrogens with one attached hydrogen (secondary N) is 1. The highest BCUT2D eigenvalue weighted by Gasteiger charge is 2.11. The Kier molecular flexibility index (Phi) is 4.29. The van der Waals surface area contributed by atoms with Gasteiger partial charge in [-0.2, -0.15) is 5.26 Å². The van der Waals surface area contributed by atoms with Gasteiger partial charge in [0.2, 0.25) is 0 Å². The van der Waals surface area contributed by atoms with Crippen molar-refractivity contribution < 1.29 is 5.11 Å². The number of nitrogens with zero attached hydrogens (tertiary/aromatic N) is 1. The summed E-state index contributed by atoms with van der Waals surface area (Å²) in [4.78, 5) is 0. The fourth-order valence-electron chi connectivity index (χ4n) is 1.50. The molecule has 0 spiro atoms. The zero-order valence-electron chi connectivity index (χ0n) is 9.12. The molecule has 1 aromatic rings. The predicted molar refractivity (Wildman–Crippen MR) is 59.4 cm³/mol. The van der Waals surface area contributed by atoms with Gasteiger partial charge < -0.3 is 5.11 Å². The van der Waals surface area contributed by atoms with E-state index in [4.69, 9.17) is 10.4 Å². The third-order valence-corrected chi connectivity index (χ3v) is 2.34. The van der Waals surface area contributed by atoms with Crippen molar-refractivity contribution in [2.24, 2.45) is 0 Å². The summed E-state index contributed by atoms with van der Waals surface area (Å²) in [6.07, 6.45) is 0. The SMILES string of the molecule is Cc1ccc(C)c(C(C#N)NCCO)c1. The smallest absolute Gasteiger partial charge is 0.121 e. The molecule has 1 unspecified atom stereocenters. The minimum atomic E-state index is -0.336. The number of hydrogen-bond acceptors (Lipinski definition) is 3. The summed E-state index contributed by atoms with van der Waals surface area (Å²) >= 11 is 0. The van der Waals surface area contributed by atoms with Crippen molar-refractivity contribution in [1.82, 2.24) is 5.32 Å². The Hall–Kier alpha value is -1.37. The van der Waals surface area contributed by atoms with E-state index in [9.17, 15) is 0 Å². The van der Waals surface area contributed by atoms with Gasteiger partial charge in [-0.1, -0.05) is 23.8 Å². The molecule has 0 heterocycles. The lowest BCUT2D eigenvalue weighted by atomic mass is 10.00. The van der Waals surface area contributed by atoms with Crippen molar-refractivity contribution in [3.63, 3.8) is 0 Å². The molecular formula is C12H16N2O. The van der Waals surface area contributed by atoms with Crippen LogP contribution in [0.5, 0.6) is 0 Å². The molecule has 80 valence electrons. The molecule has 1 atom stereocenters. The van der Waals surface area contributed by atoms with Gasteiger partial charge in [0.25, 0.3) is 0 Å². The Morgan fingerprint density at radius 2 is 2.20 bits per heavy atom. The summed E-state index contributed by atoms with van der Waals surface area (Å²) in [5, 5.41) is 20.7. The maximum atomic E-state index is 9.03. The molecule has 15 heavy (non-hydrogen) atoms. The van der Waals surface area contributed by atoms with Gasteiger partial charge in [-0.25, -0.2) is 0 Å².